The largest absolute Gasteiger partial charge is 0.493 e. The van der Waals surface area contributed by atoms with Crippen LogP contribution in [-0.2, 0) is 19.1 Å². The van der Waals surface area contributed by atoms with Crippen molar-refractivity contribution in [1.82, 2.24) is 0 Å². The first-order valence-corrected chi connectivity index (χ1v) is 7.12. The maximum absolute atomic E-state index is 12.2. The van der Waals surface area contributed by atoms with Crippen LogP contribution in [0.3, 0.4) is 0 Å². The number of carbonyl (C=O) groups is 2. The van der Waals surface area contributed by atoms with E-state index in [0.717, 1.165) is 20.3 Å². The molecule has 1 rings (SSSR count). The van der Waals surface area contributed by atoms with E-state index in [1.54, 1.807) is 12.1 Å². The first kappa shape index (κ1) is 20.3. The highest BCUT2D eigenvalue weighted by atomic mass is 16.5. The molecular formula is C18H16N2O6. The topological polar surface area (TPSA) is 119 Å². The van der Waals surface area contributed by atoms with E-state index in [9.17, 15) is 20.1 Å². The Morgan fingerprint density at radius 2 is 1.58 bits per heavy atom. The minimum atomic E-state index is -0.914. The number of esters is 2. The zero-order valence-corrected chi connectivity index (χ0v) is 14.7. The van der Waals surface area contributed by atoms with Crippen LogP contribution >= 0.6 is 0 Å². The van der Waals surface area contributed by atoms with Gasteiger partial charge in [-0.25, -0.2) is 9.59 Å². The maximum atomic E-state index is 12.2. The Morgan fingerprint density at radius 1 is 0.962 bits per heavy atom. The fourth-order valence-electron chi connectivity index (χ4n) is 2.08. The van der Waals surface area contributed by atoms with Crippen LogP contribution < -0.4 is 9.47 Å². The third-order valence-corrected chi connectivity index (χ3v) is 3.28. The van der Waals surface area contributed by atoms with E-state index >= 15 is 0 Å². The Bertz CT molecular complexity index is 839. The molecule has 0 saturated carbocycles. The molecule has 0 aliphatic heterocycles. The lowest BCUT2D eigenvalue weighted by molar-refractivity contribution is -0.138. The molecule has 0 bridgehead atoms. The summed E-state index contributed by atoms with van der Waals surface area (Å²) >= 11 is 0. The number of allylic oxidation sites excluding steroid dienone is 1. The molecule has 0 aromatic heterocycles. The van der Waals surface area contributed by atoms with E-state index < -0.39 is 17.5 Å². The van der Waals surface area contributed by atoms with Crippen molar-refractivity contribution in [2.75, 3.05) is 28.4 Å². The molecule has 0 N–H and O–H groups in total. The Balaban J connectivity index is 3.82. The first-order valence-electron chi connectivity index (χ1n) is 7.12. The number of methoxy groups -OCH3 is 4. The molecule has 0 unspecified atom stereocenters. The van der Waals surface area contributed by atoms with Gasteiger partial charge in [0.2, 0.25) is 0 Å². The highest BCUT2D eigenvalue weighted by Crippen LogP contribution is 2.34. The van der Waals surface area contributed by atoms with Crippen molar-refractivity contribution >= 4 is 17.5 Å². The van der Waals surface area contributed by atoms with Gasteiger partial charge in [-0.2, -0.15) is 10.5 Å². The number of rotatable bonds is 6. The van der Waals surface area contributed by atoms with Gasteiger partial charge in [0.1, 0.15) is 17.7 Å². The third kappa shape index (κ3) is 4.40. The van der Waals surface area contributed by atoms with Gasteiger partial charge in [0.25, 0.3) is 0 Å². The fourth-order valence-corrected chi connectivity index (χ4v) is 2.08. The summed E-state index contributed by atoms with van der Waals surface area (Å²) in [6, 6.07) is 7.94. The summed E-state index contributed by atoms with van der Waals surface area (Å²) < 4.78 is 19.6. The normalized spacial score (nSPS) is 10.0. The second-order valence-electron chi connectivity index (χ2n) is 4.62. The summed E-state index contributed by atoms with van der Waals surface area (Å²) in [6.07, 6.45) is 0.854. The third-order valence-electron chi connectivity index (χ3n) is 3.28. The van der Waals surface area contributed by atoms with Gasteiger partial charge >= 0.3 is 11.9 Å². The van der Waals surface area contributed by atoms with Crippen molar-refractivity contribution in [2.24, 2.45) is 0 Å². The highest BCUT2D eigenvalue weighted by Gasteiger charge is 2.24. The predicted molar refractivity (Wildman–Crippen MR) is 89.8 cm³/mol. The average molecular weight is 356 g/mol. The zero-order chi connectivity index (χ0) is 19.7. The number of nitrogens with zero attached hydrogens (tertiary/aromatic N) is 2. The Labute approximate surface area is 150 Å². The minimum absolute atomic E-state index is 0.0896. The molecule has 0 spiro atoms. The molecule has 8 nitrogen and oxygen atoms in total. The van der Waals surface area contributed by atoms with Crippen LogP contribution in [0.15, 0.2) is 35.4 Å². The molecule has 134 valence electrons. The average Bonchev–Trinajstić information content (AvgIpc) is 2.69. The summed E-state index contributed by atoms with van der Waals surface area (Å²) in [5, 5.41) is 18.6. The first-order chi connectivity index (χ1) is 12.5. The summed E-state index contributed by atoms with van der Waals surface area (Å²) in [4.78, 5) is 23.8. The van der Waals surface area contributed by atoms with Crippen molar-refractivity contribution < 1.29 is 28.5 Å². The smallest absolute Gasteiger partial charge is 0.338 e. The van der Waals surface area contributed by atoms with Crippen LogP contribution in [0.25, 0.3) is 5.57 Å². The molecule has 1 aromatic carbocycles. The second-order valence-corrected chi connectivity index (χ2v) is 4.62. The Morgan fingerprint density at radius 3 is 2.04 bits per heavy atom. The molecule has 0 heterocycles. The van der Waals surface area contributed by atoms with E-state index in [2.05, 4.69) is 9.47 Å². The van der Waals surface area contributed by atoms with Gasteiger partial charge in [0.15, 0.2) is 11.5 Å². The molecule has 0 radical (unpaired) electrons. The molecular weight excluding hydrogens is 340 g/mol. The lowest BCUT2D eigenvalue weighted by atomic mass is 9.92. The number of hydrogen-bond donors (Lipinski definition) is 0. The molecule has 26 heavy (non-hydrogen) atoms. The Kier molecular flexibility index (Phi) is 7.40. The quantitative estimate of drug-likeness (QED) is 0.327. The van der Waals surface area contributed by atoms with Crippen LogP contribution in [0.1, 0.15) is 5.56 Å². The van der Waals surface area contributed by atoms with Crippen LogP contribution in [0, 0.1) is 22.7 Å². The van der Waals surface area contributed by atoms with Gasteiger partial charge in [-0.3, -0.25) is 0 Å². The lowest BCUT2D eigenvalue weighted by Gasteiger charge is -2.14. The standard InChI is InChI=1S/C18H16N2O6/c1-23-14-6-5-11(7-15(14)24-2)17(12(9-19)10-20)13(18(22)26-4)8-16(21)25-3/h5-8H,1-4H3/b13-8+. The summed E-state index contributed by atoms with van der Waals surface area (Å²) in [5.41, 5.74) is -0.503. The summed E-state index contributed by atoms with van der Waals surface area (Å²) in [5.74, 6) is -1.05. The number of hydrogen-bond acceptors (Lipinski definition) is 8. The van der Waals surface area contributed by atoms with Gasteiger partial charge in [-0.05, 0) is 17.7 Å². The van der Waals surface area contributed by atoms with Crippen LogP contribution in [-0.4, -0.2) is 40.4 Å². The summed E-state index contributed by atoms with van der Waals surface area (Å²) in [7, 11) is 5.09. The molecule has 0 aliphatic rings. The van der Waals surface area contributed by atoms with Crippen molar-refractivity contribution in [1.29, 1.82) is 10.5 Å². The van der Waals surface area contributed by atoms with Gasteiger partial charge in [0, 0.05) is 11.6 Å². The Hall–Kier alpha value is -3.78. The highest BCUT2D eigenvalue weighted by molar-refractivity contribution is 6.12. The van der Waals surface area contributed by atoms with E-state index in [4.69, 9.17) is 9.47 Å². The minimum Gasteiger partial charge on any atom is -0.493 e. The molecule has 0 atom stereocenters. The van der Waals surface area contributed by atoms with Crippen LogP contribution in [0.2, 0.25) is 0 Å². The molecule has 0 fully saturated rings. The fraction of sp³-hybridized carbons (Fsp3) is 0.222. The van der Waals surface area contributed by atoms with Crippen molar-refractivity contribution in [2.45, 2.75) is 0 Å². The maximum Gasteiger partial charge on any atom is 0.338 e. The molecule has 0 amide bonds. The molecule has 0 aliphatic carbocycles. The summed E-state index contributed by atoms with van der Waals surface area (Å²) in [6.45, 7) is 0. The molecule has 0 saturated heterocycles. The van der Waals surface area contributed by atoms with Gasteiger partial charge in [-0.15, -0.1) is 0 Å². The van der Waals surface area contributed by atoms with E-state index in [1.165, 1.54) is 32.4 Å². The monoisotopic (exact) mass is 356 g/mol. The van der Waals surface area contributed by atoms with Crippen molar-refractivity contribution in [3.63, 3.8) is 0 Å². The second kappa shape index (κ2) is 9.50. The predicted octanol–water partition coefficient (Wildman–Crippen LogP) is 1.78. The van der Waals surface area contributed by atoms with Crippen LogP contribution in [0.5, 0.6) is 11.5 Å². The van der Waals surface area contributed by atoms with Crippen molar-refractivity contribution in [3.8, 4) is 23.6 Å². The zero-order valence-electron chi connectivity index (χ0n) is 14.7. The molecule has 1 aromatic rings. The van der Waals surface area contributed by atoms with E-state index in [1.807, 2.05) is 0 Å². The van der Waals surface area contributed by atoms with Crippen LogP contribution in [0.4, 0.5) is 0 Å². The van der Waals surface area contributed by atoms with Gasteiger partial charge in [-0.1, -0.05) is 6.07 Å². The number of carbonyl (C=O) groups excluding carboxylic acids is 2. The number of ether oxygens (including phenoxy) is 4. The molecule has 8 heteroatoms. The number of nitriles is 2. The van der Waals surface area contributed by atoms with Gasteiger partial charge < -0.3 is 18.9 Å². The SMILES string of the molecule is COC(=O)/C=C(/C(=O)OC)C(=C(C#N)C#N)c1ccc(OC)c(OC)c1. The van der Waals surface area contributed by atoms with Gasteiger partial charge in [0.05, 0.1) is 34.0 Å². The van der Waals surface area contributed by atoms with E-state index in [-0.39, 0.29) is 16.7 Å². The lowest BCUT2D eigenvalue weighted by Crippen LogP contribution is -2.11. The van der Waals surface area contributed by atoms with Crippen molar-refractivity contribution in [3.05, 3.63) is 41.0 Å². The number of benzene rings is 1. The van der Waals surface area contributed by atoms with E-state index in [0.29, 0.717) is 11.5 Å².